The van der Waals surface area contributed by atoms with E-state index in [0.717, 1.165) is 83.0 Å². The number of primary amides is 1. The lowest BCUT2D eigenvalue weighted by atomic mass is 9.71. The number of aromatic nitrogens is 4. The zero-order valence-electron chi connectivity index (χ0n) is 33.5. The van der Waals surface area contributed by atoms with Crippen LogP contribution in [0, 0.1) is 22.7 Å². The molecule has 1 saturated carbocycles. The maximum atomic E-state index is 13.9. The van der Waals surface area contributed by atoms with Crippen molar-refractivity contribution in [1.29, 1.82) is 5.26 Å². The Labute approximate surface area is 353 Å². The van der Waals surface area contributed by atoms with Gasteiger partial charge in [0.25, 0.3) is 11.5 Å². The highest BCUT2D eigenvalue weighted by atomic mass is 35.5. The van der Waals surface area contributed by atoms with Crippen LogP contribution < -0.4 is 25.8 Å². The van der Waals surface area contributed by atoms with Gasteiger partial charge in [0, 0.05) is 76.2 Å². The molecule has 1 aliphatic carbocycles. The van der Waals surface area contributed by atoms with Crippen LogP contribution in [-0.2, 0) is 9.59 Å². The molecule has 0 radical (unpaired) electrons. The average molecular weight is 833 g/mol. The SMILES string of the molecule is N#Cc1ccc(OC2CCC(N3C(=O)CCC(n4nnc5cc(N6CCC7(CC6)CN(CC6CCN(c8ccc(C(N)=O)cn8)CC6)C7)ccc5c4=O)C3=O)CC2)cc1Cl. The van der Waals surface area contributed by atoms with Crippen molar-refractivity contribution in [1.82, 2.24) is 29.8 Å². The highest BCUT2D eigenvalue weighted by molar-refractivity contribution is 6.31. The third-order valence-corrected chi connectivity index (χ3v) is 13.9. The summed E-state index contributed by atoms with van der Waals surface area (Å²) in [7, 11) is 0. The summed E-state index contributed by atoms with van der Waals surface area (Å²) in [6.07, 6.45) is 8.68. The second-order valence-corrected chi connectivity index (χ2v) is 17.8. The zero-order valence-corrected chi connectivity index (χ0v) is 34.3. The van der Waals surface area contributed by atoms with Gasteiger partial charge in [-0.1, -0.05) is 16.8 Å². The van der Waals surface area contributed by atoms with Crippen molar-refractivity contribution >= 4 is 51.7 Å². The van der Waals surface area contributed by atoms with Crippen LogP contribution in [-0.4, -0.2) is 105 Å². The first-order valence-electron chi connectivity index (χ1n) is 21.2. The number of halogens is 1. The molecule has 5 fully saturated rings. The number of piperidine rings is 3. The topological polar surface area (TPSA) is 184 Å². The number of imide groups is 1. The van der Waals surface area contributed by atoms with Crippen LogP contribution in [0.15, 0.2) is 59.5 Å². The number of fused-ring (bicyclic) bond motifs is 1. The molecular formula is C44H49ClN10O5. The number of hydrogen-bond acceptors (Lipinski definition) is 12. The van der Waals surface area contributed by atoms with Crippen molar-refractivity contribution in [3.63, 3.8) is 0 Å². The van der Waals surface area contributed by atoms with E-state index in [9.17, 15) is 19.2 Å². The van der Waals surface area contributed by atoms with E-state index in [0.29, 0.717) is 69.8 Å². The third kappa shape index (κ3) is 7.90. The number of pyridine rings is 1. The van der Waals surface area contributed by atoms with Gasteiger partial charge in [0.05, 0.1) is 27.6 Å². The molecule has 1 unspecified atom stereocenters. The van der Waals surface area contributed by atoms with Crippen LogP contribution in [0.2, 0.25) is 5.02 Å². The molecule has 2 aromatic carbocycles. The van der Waals surface area contributed by atoms with E-state index in [1.165, 1.54) is 9.58 Å². The monoisotopic (exact) mass is 832 g/mol. The molecular weight excluding hydrogens is 784 g/mol. The van der Waals surface area contributed by atoms with Gasteiger partial charge in [-0.3, -0.25) is 24.1 Å². The van der Waals surface area contributed by atoms with Crippen molar-refractivity contribution in [2.75, 3.05) is 55.6 Å². The number of rotatable bonds is 9. The second kappa shape index (κ2) is 16.5. The number of anilines is 2. The summed E-state index contributed by atoms with van der Waals surface area (Å²) >= 11 is 6.18. The summed E-state index contributed by atoms with van der Waals surface area (Å²) in [5.74, 6) is 1.04. The van der Waals surface area contributed by atoms with Crippen LogP contribution in [0.5, 0.6) is 5.75 Å². The summed E-state index contributed by atoms with van der Waals surface area (Å²) in [6, 6.07) is 15.2. The minimum Gasteiger partial charge on any atom is -0.490 e. The van der Waals surface area contributed by atoms with Crippen molar-refractivity contribution in [2.45, 2.75) is 82.4 Å². The van der Waals surface area contributed by atoms with E-state index in [1.807, 2.05) is 24.3 Å². The first-order valence-corrected chi connectivity index (χ1v) is 21.5. The van der Waals surface area contributed by atoms with Gasteiger partial charge in [0.1, 0.15) is 29.2 Å². The maximum absolute atomic E-state index is 13.9. The summed E-state index contributed by atoms with van der Waals surface area (Å²) in [6.45, 7) is 7.18. The Balaban J connectivity index is 0.763. The lowest BCUT2D eigenvalue weighted by Crippen LogP contribution is -2.61. The molecule has 15 nitrogen and oxygen atoms in total. The van der Waals surface area contributed by atoms with E-state index < -0.39 is 17.9 Å². The number of carbonyl (C=O) groups is 3. The van der Waals surface area contributed by atoms with Crippen molar-refractivity contribution < 1.29 is 19.1 Å². The largest absolute Gasteiger partial charge is 0.490 e. The molecule has 4 aromatic rings. The number of carbonyl (C=O) groups excluding carboxylic acids is 3. The third-order valence-electron chi connectivity index (χ3n) is 13.6. The molecule has 6 heterocycles. The molecule has 60 heavy (non-hydrogen) atoms. The summed E-state index contributed by atoms with van der Waals surface area (Å²) in [4.78, 5) is 65.4. The smallest absolute Gasteiger partial charge is 0.278 e. The van der Waals surface area contributed by atoms with Gasteiger partial charge in [0.15, 0.2) is 0 Å². The highest BCUT2D eigenvalue weighted by Gasteiger charge is 2.46. The summed E-state index contributed by atoms with van der Waals surface area (Å²) < 4.78 is 7.29. The quantitative estimate of drug-likeness (QED) is 0.230. The van der Waals surface area contributed by atoms with Crippen molar-refractivity contribution in [3.8, 4) is 11.8 Å². The number of ether oxygens (including phenoxy) is 1. The van der Waals surface area contributed by atoms with E-state index in [2.05, 4.69) is 30.0 Å². The first kappa shape index (κ1) is 39.8. The normalized spacial score (nSPS) is 23.7. The van der Waals surface area contributed by atoms with Crippen molar-refractivity contribution in [3.05, 3.63) is 81.2 Å². The van der Waals surface area contributed by atoms with Gasteiger partial charge >= 0.3 is 0 Å². The Bertz CT molecular complexity index is 2390. The van der Waals surface area contributed by atoms with Crippen molar-refractivity contribution in [2.24, 2.45) is 17.1 Å². The standard InChI is InChI=1S/C44H49ClN10O5/c45-36-22-34(6-1-29(36)23-46)60-33-7-3-31(4-8-33)54-40(56)12-10-38(43(54)59)55-42(58)35-9-5-32(21-37(35)49-50-55)52-19-15-44(16-20-52)26-51(27-44)25-28-13-17-53(18-14-28)39-11-2-30(24-48-39)41(47)57/h1-2,5-6,9,11,21-22,24,28,31,33,38H,3-4,7-8,10,12-20,25-27H2,(H2,47,57). The van der Waals surface area contributed by atoms with Crippen LogP contribution in [0.1, 0.15) is 86.2 Å². The average Bonchev–Trinajstić information content (AvgIpc) is 3.25. The maximum Gasteiger partial charge on any atom is 0.278 e. The molecule has 4 aliphatic heterocycles. The fraction of sp³-hybridized carbons (Fsp3) is 0.500. The molecule has 0 bridgehead atoms. The molecule has 1 atom stereocenters. The number of hydrogen-bond donors (Lipinski definition) is 1. The molecule has 312 valence electrons. The van der Waals surface area contributed by atoms with E-state index in [1.54, 1.807) is 36.5 Å². The second-order valence-electron chi connectivity index (χ2n) is 17.4. The Kier molecular flexibility index (Phi) is 10.9. The Morgan fingerprint density at radius 3 is 2.37 bits per heavy atom. The highest BCUT2D eigenvalue weighted by Crippen LogP contribution is 2.42. The molecule has 3 amide bonds. The van der Waals surface area contributed by atoms with Crippen LogP contribution in [0.25, 0.3) is 10.9 Å². The number of nitriles is 1. The van der Waals surface area contributed by atoms with Crippen LogP contribution in [0.4, 0.5) is 11.5 Å². The minimum atomic E-state index is -0.902. The minimum absolute atomic E-state index is 0.114. The Morgan fingerprint density at radius 1 is 0.917 bits per heavy atom. The summed E-state index contributed by atoms with van der Waals surface area (Å²) in [5, 5.41) is 18.6. The van der Waals surface area contributed by atoms with E-state index in [-0.39, 0.29) is 36.5 Å². The molecule has 5 aliphatic rings. The molecule has 2 N–H and O–H groups in total. The van der Waals surface area contributed by atoms with E-state index in [4.69, 9.17) is 27.3 Å². The molecule has 2 aromatic heterocycles. The van der Waals surface area contributed by atoms with Crippen LogP contribution >= 0.6 is 11.6 Å². The molecule has 9 rings (SSSR count). The number of nitrogens with zero attached hydrogens (tertiary/aromatic N) is 9. The van der Waals surface area contributed by atoms with Gasteiger partial charge in [-0.15, -0.1) is 5.10 Å². The molecule has 1 spiro atoms. The van der Waals surface area contributed by atoms with Gasteiger partial charge in [-0.05, 0) is 112 Å². The predicted octanol–water partition coefficient (Wildman–Crippen LogP) is 4.71. The number of nitrogens with two attached hydrogens (primary N) is 1. The van der Waals surface area contributed by atoms with E-state index >= 15 is 0 Å². The van der Waals surface area contributed by atoms with Gasteiger partial charge in [-0.2, -0.15) is 9.94 Å². The fourth-order valence-corrected chi connectivity index (χ4v) is 10.3. The first-order chi connectivity index (χ1) is 29.1. The molecule has 16 heteroatoms. The fourth-order valence-electron chi connectivity index (χ4n) is 10.1. The molecule has 4 saturated heterocycles. The lowest BCUT2D eigenvalue weighted by Gasteiger charge is -2.55. The van der Waals surface area contributed by atoms with Gasteiger partial charge in [-0.25, -0.2) is 4.98 Å². The number of benzene rings is 2. The summed E-state index contributed by atoms with van der Waals surface area (Å²) in [5.41, 5.74) is 7.64. The Hall–Kier alpha value is -5.59. The zero-order chi connectivity index (χ0) is 41.5. The number of amides is 3. The van der Waals surface area contributed by atoms with Crippen LogP contribution in [0.3, 0.4) is 0 Å². The van der Waals surface area contributed by atoms with Gasteiger partial charge < -0.3 is 25.2 Å². The van der Waals surface area contributed by atoms with Gasteiger partial charge in [0.2, 0.25) is 11.8 Å². The number of likely N-dealkylation sites (tertiary alicyclic amines) is 2. The lowest BCUT2D eigenvalue weighted by molar-refractivity contribution is -0.155. The Morgan fingerprint density at radius 2 is 1.68 bits per heavy atom. The predicted molar refractivity (Wildman–Crippen MR) is 225 cm³/mol.